The monoisotopic (exact) mass is 278 g/mol. The minimum Gasteiger partial charge on any atom is -0.495 e. The maximum absolute atomic E-state index is 12.6. The lowest BCUT2D eigenvalue weighted by Gasteiger charge is -2.09. The number of carbonyl (C=O) groups excluding carboxylic acids is 1. The van der Waals surface area contributed by atoms with Crippen molar-refractivity contribution in [1.29, 1.82) is 0 Å². The Morgan fingerprint density at radius 3 is 2.76 bits per heavy atom. The van der Waals surface area contributed by atoms with Gasteiger partial charge in [0, 0.05) is 22.7 Å². The highest BCUT2D eigenvalue weighted by molar-refractivity contribution is 6.13. The number of hydrogen-bond donors (Lipinski definition) is 1. The van der Waals surface area contributed by atoms with Crippen LogP contribution in [-0.2, 0) is 0 Å². The fourth-order valence-electron chi connectivity index (χ4n) is 2.27. The predicted octanol–water partition coefficient (Wildman–Crippen LogP) is 3.06. The van der Waals surface area contributed by atoms with Gasteiger partial charge in [-0.2, -0.15) is 0 Å². The molecule has 1 heterocycles. The molecule has 0 aliphatic rings. The van der Waals surface area contributed by atoms with Crippen LogP contribution in [0.4, 0.5) is 5.69 Å². The van der Waals surface area contributed by atoms with Crippen LogP contribution in [0.25, 0.3) is 10.9 Å². The number of pyridine rings is 1. The van der Waals surface area contributed by atoms with E-state index in [1.807, 2.05) is 30.3 Å². The number of para-hydroxylation sites is 2. The second-order valence-electron chi connectivity index (χ2n) is 4.67. The zero-order chi connectivity index (χ0) is 14.8. The van der Waals surface area contributed by atoms with E-state index in [-0.39, 0.29) is 5.78 Å². The molecule has 0 fully saturated rings. The Morgan fingerprint density at radius 2 is 1.95 bits per heavy atom. The van der Waals surface area contributed by atoms with Gasteiger partial charge in [0.1, 0.15) is 5.75 Å². The first kappa shape index (κ1) is 13.1. The van der Waals surface area contributed by atoms with Crippen LogP contribution in [0.5, 0.6) is 5.75 Å². The lowest BCUT2D eigenvalue weighted by molar-refractivity contribution is 0.103. The van der Waals surface area contributed by atoms with Crippen molar-refractivity contribution in [3.05, 3.63) is 65.9 Å². The average molecular weight is 278 g/mol. The minimum absolute atomic E-state index is 0.162. The molecular formula is C17H14N2O2. The van der Waals surface area contributed by atoms with Gasteiger partial charge in [-0.1, -0.05) is 24.3 Å². The van der Waals surface area contributed by atoms with Crippen LogP contribution in [0.1, 0.15) is 15.9 Å². The fourth-order valence-corrected chi connectivity index (χ4v) is 2.27. The van der Waals surface area contributed by atoms with Gasteiger partial charge in [-0.3, -0.25) is 9.78 Å². The van der Waals surface area contributed by atoms with Crippen LogP contribution >= 0.6 is 0 Å². The molecule has 2 aromatic carbocycles. The summed E-state index contributed by atoms with van der Waals surface area (Å²) in [4.78, 5) is 16.9. The first-order chi connectivity index (χ1) is 10.2. The van der Waals surface area contributed by atoms with Crippen LogP contribution < -0.4 is 10.5 Å². The quantitative estimate of drug-likeness (QED) is 0.590. The van der Waals surface area contributed by atoms with Crippen LogP contribution in [0, 0.1) is 0 Å². The number of anilines is 1. The van der Waals surface area contributed by atoms with E-state index in [0.717, 1.165) is 10.9 Å². The minimum atomic E-state index is -0.162. The number of nitrogens with two attached hydrogens (primary N) is 1. The Morgan fingerprint density at radius 1 is 1.14 bits per heavy atom. The fraction of sp³-hybridized carbons (Fsp3) is 0.0588. The molecule has 0 atom stereocenters. The number of ether oxygens (including phenoxy) is 1. The van der Waals surface area contributed by atoms with Crippen molar-refractivity contribution in [3.8, 4) is 5.75 Å². The average Bonchev–Trinajstić information content (AvgIpc) is 2.54. The summed E-state index contributed by atoms with van der Waals surface area (Å²) < 4.78 is 5.15. The van der Waals surface area contributed by atoms with Gasteiger partial charge in [-0.25, -0.2) is 0 Å². The molecule has 4 nitrogen and oxygen atoms in total. The van der Waals surface area contributed by atoms with E-state index in [2.05, 4.69) is 4.98 Å². The normalized spacial score (nSPS) is 10.5. The van der Waals surface area contributed by atoms with Gasteiger partial charge in [-0.15, -0.1) is 0 Å². The molecule has 0 amide bonds. The maximum Gasteiger partial charge on any atom is 0.196 e. The second kappa shape index (κ2) is 5.25. The first-order valence-corrected chi connectivity index (χ1v) is 6.52. The highest BCUT2D eigenvalue weighted by Gasteiger charge is 2.15. The van der Waals surface area contributed by atoms with Gasteiger partial charge < -0.3 is 10.5 Å². The molecule has 2 N–H and O–H groups in total. The van der Waals surface area contributed by atoms with Gasteiger partial charge in [0.2, 0.25) is 0 Å². The largest absolute Gasteiger partial charge is 0.495 e. The molecule has 4 heteroatoms. The number of benzene rings is 2. The van der Waals surface area contributed by atoms with Crippen LogP contribution in [-0.4, -0.2) is 17.9 Å². The summed E-state index contributed by atoms with van der Waals surface area (Å²) in [5, 5.41) is 0.921. The smallest absolute Gasteiger partial charge is 0.196 e. The summed E-state index contributed by atoms with van der Waals surface area (Å²) in [5.74, 6) is 0.333. The molecule has 104 valence electrons. The number of nitrogen functional groups attached to an aromatic ring is 1. The lowest BCUT2D eigenvalue weighted by atomic mass is 10.0. The number of methoxy groups -OCH3 is 1. The van der Waals surface area contributed by atoms with E-state index in [0.29, 0.717) is 22.6 Å². The van der Waals surface area contributed by atoms with Crippen molar-refractivity contribution < 1.29 is 9.53 Å². The zero-order valence-corrected chi connectivity index (χ0v) is 11.5. The number of rotatable bonds is 3. The topological polar surface area (TPSA) is 65.2 Å². The number of nitrogens with zero attached hydrogens (tertiary/aromatic N) is 1. The van der Waals surface area contributed by atoms with E-state index in [4.69, 9.17) is 10.5 Å². The summed E-state index contributed by atoms with van der Waals surface area (Å²) in [5.41, 5.74) is 8.11. The number of hydrogen-bond acceptors (Lipinski definition) is 4. The molecule has 21 heavy (non-hydrogen) atoms. The van der Waals surface area contributed by atoms with Gasteiger partial charge in [0.05, 0.1) is 18.3 Å². The molecule has 3 aromatic rings. The van der Waals surface area contributed by atoms with E-state index in [9.17, 15) is 4.79 Å². The lowest BCUT2D eigenvalue weighted by Crippen LogP contribution is -2.07. The predicted molar refractivity (Wildman–Crippen MR) is 82.6 cm³/mol. The second-order valence-corrected chi connectivity index (χ2v) is 4.67. The highest BCUT2D eigenvalue weighted by Crippen LogP contribution is 2.27. The number of carbonyl (C=O) groups is 1. The SMILES string of the molecule is COc1cccc(C(=O)c2cnc3ccccc3c2)c1N. The summed E-state index contributed by atoms with van der Waals surface area (Å²) in [6, 6.07) is 14.6. The van der Waals surface area contributed by atoms with E-state index in [1.165, 1.54) is 7.11 Å². The zero-order valence-electron chi connectivity index (χ0n) is 11.5. The summed E-state index contributed by atoms with van der Waals surface area (Å²) in [6.45, 7) is 0. The van der Waals surface area contributed by atoms with Crippen molar-refractivity contribution >= 4 is 22.4 Å². The molecule has 0 spiro atoms. The molecule has 1 aromatic heterocycles. The van der Waals surface area contributed by atoms with Crippen molar-refractivity contribution in [2.75, 3.05) is 12.8 Å². The third-order valence-electron chi connectivity index (χ3n) is 3.38. The van der Waals surface area contributed by atoms with Crippen LogP contribution in [0.2, 0.25) is 0 Å². The van der Waals surface area contributed by atoms with Crippen LogP contribution in [0.15, 0.2) is 54.7 Å². The van der Waals surface area contributed by atoms with Crippen molar-refractivity contribution in [1.82, 2.24) is 4.98 Å². The highest BCUT2D eigenvalue weighted by atomic mass is 16.5. The summed E-state index contributed by atoms with van der Waals surface area (Å²) in [7, 11) is 1.53. The molecule has 0 aliphatic heterocycles. The molecule has 0 saturated carbocycles. The summed E-state index contributed by atoms with van der Waals surface area (Å²) in [6.07, 6.45) is 1.57. The Labute approximate surface area is 122 Å². The molecule has 0 unspecified atom stereocenters. The number of aromatic nitrogens is 1. The third kappa shape index (κ3) is 2.31. The number of fused-ring (bicyclic) bond motifs is 1. The molecule has 0 radical (unpaired) electrons. The Hall–Kier alpha value is -2.88. The number of ketones is 1. The van der Waals surface area contributed by atoms with Gasteiger partial charge in [0.25, 0.3) is 0 Å². The molecule has 0 saturated heterocycles. The van der Waals surface area contributed by atoms with Gasteiger partial charge in [-0.05, 0) is 24.3 Å². The van der Waals surface area contributed by atoms with Gasteiger partial charge in [0.15, 0.2) is 5.78 Å². The van der Waals surface area contributed by atoms with Gasteiger partial charge >= 0.3 is 0 Å². The third-order valence-corrected chi connectivity index (χ3v) is 3.38. The first-order valence-electron chi connectivity index (χ1n) is 6.52. The summed E-state index contributed by atoms with van der Waals surface area (Å²) >= 11 is 0. The standard InChI is InChI=1S/C17H14N2O2/c1-21-15-8-4-6-13(16(15)18)17(20)12-9-11-5-2-3-7-14(11)19-10-12/h2-10H,18H2,1H3. The molecule has 0 bridgehead atoms. The molecule has 0 aliphatic carbocycles. The van der Waals surface area contributed by atoms with Crippen molar-refractivity contribution in [3.63, 3.8) is 0 Å². The van der Waals surface area contributed by atoms with Crippen LogP contribution in [0.3, 0.4) is 0 Å². The Bertz CT molecular complexity index is 828. The van der Waals surface area contributed by atoms with Crippen molar-refractivity contribution in [2.24, 2.45) is 0 Å². The maximum atomic E-state index is 12.6. The Balaban J connectivity index is 2.08. The van der Waals surface area contributed by atoms with E-state index < -0.39 is 0 Å². The van der Waals surface area contributed by atoms with E-state index in [1.54, 1.807) is 24.4 Å². The molecule has 3 rings (SSSR count). The Kier molecular flexibility index (Phi) is 3.28. The van der Waals surface area contributed by atoms with Crippen molar-refractivity contribution in [2.45, 2.75) is 0 Å². The molecular weight excluding hydrogens is 264 g/mol. The van der Waals surface area contributed by atoms with E-state index >= 15 is 0 Å².